The second-order valence-corrected chi connectivity index (χ2v) is 16.7. The molecule has 0 aliphatic heterocycles. The van der Waals surface area contributed by atoms with Gasteiger partial charge < -0.3 is 0 Å². The smallest absolute Gasteiger partial charge is 0.235 e. The Kier molecular flexibility index (Phi) is 5.61. The van der Waals surface area contributed by atoms with Crippen LogP contribution >= 0.6 is 22.7 Å². The molecule has 0 amide bonds. The Hall–Kier alpha value is -5.88. The van der Waals surface area contributed by atoms with Crippen LogP contribution < -0.4 is 0 Å². The van der Waals surface area contributed by atoms with Gasteiger partial charge >= 0.3 is 0 Å². The molecule has 4 aromatic heterocycles. The van der Waals surface area contributed by atoms with Crippen molar-refractivity contribution in [2.45, 2.75) is 19.3 Å². The molecule has 5 heteroatoms. The highest BCUT2D eigenvalue weighted by Gasteiger charge is 2.35. The Morgan fingerprint density at radius 2 is 1.25 bits per heavy atom. The molecule has 0 saturated carbocycles. The van der Waals surface area contributed by atoms with E-state index in [1.54, 1.807) is 11.3 Å². The fourth-order valence-corrected chi connectivity index (χ4v) is 11.2. The van der Waals surface area contributed by atoms with E-state index < -0.39 is 0 Å². The summed E-state index contributed by atoms with van der Waals surface area (Å²) in [5.41, 5.74) is 10.6. The topological polar surface area (TPSA) is 30.7 Å². The molecule has 12 rings (SSSR count). The normalized spacial score (nSPS) is 13.7. The number of thiophene rings is 2. The predicted molar refractivity (Wildman–Crippen MR) is 223 cm³/mol. The van der Waals surface area contributed by atoms with Crippen LogP contribution in [0.4, 0.5) is 0 Å². The van der Waals surface area contributed by atoms with Gasteiger partial charge in [0.1, 0.15) is 0 Å². The zero-order valence-corrected chi connectivity index (χ0v) is 30.1. The van der Waals surface area contributed by atoms with Gasteiger partial charge in [0, 0.05) is 52.0 Å². The first kappa shape index (κ1) is 28.8. The van der Waals surface area contributed by atoms with Gasteiger partial charge in [-0.05, 0) is 75.5 Å². The largest absolute Gasteiger partial charge is 0.278 e. The van der Waals surface area contributed by atoms with E-state index >= 15 is 0 Å². The molecule has 0 radical (unpaired) electrons. The van der Waals surface area contributed by atoms with E-state index in [9.17, 15) is 0 Å². The van der Waals surface area contributed by atoms with Gasteiger partial charge in [-0.25, -0.2) is 9.97 Å². The Morgan fingerprint density at radius 1 is 0.519 bits per heavy atom. The Labute approximate surface area is 307 Å². The highest BCUT2D eigenvalue weighted by Crippen LogP contribution is 2.50. The Balaban J connectivity index is 1.19. The number of hydrogen-bond donors (Lipinski definition) is 0. The van der Waals surface area contributed by atoms with Gasteiger partial charge in [-0.2, -0.15) is 0 Å². The van der Waals surface area contributed by atoms with Crippen LogP contribution in [0.25, 0.3) is 101 Å². The summed E-state index contributed by atoms with van der Waals surface area (Å²) in [6.07, 6.45) is 0. The van der Waals surface area contributed by atoms with Crippen LogP contribution in [0.5, 0.6) is 0 Å². The molecule has 0 unspecified atom stereocenters. The molecule has 4 heterocycles. The van der Waals surface area contributed by atoms with Crippen LogP contribution in [0.15, 0.2) is 140 Å². The maximum Gasteiger partial charge on any atom is 0.235 e. The monoisotopic (exact) mass is 699 g/mol. The molecule has 0 atom stereocenters. The Bertz CT molecular complexity index is 3340. The maximum absolute atomic E-state index is 5.58. The summed E-state index contributed by atoms with van der Waals surface area (Å²) in [6.45, 7) is 4.69. The first-order valence-corrected chi connectivity index (χ1v) is 19.4. The van der Waals surface area contributed by atoms with E-state index in [-0.39, 0.29) is 5.41 Å². The number of rotatable bonds is 2. The van der Waals surface area contributed by atoms with Crippen molar-refractivity contribution in [3.63, 3.8) is 0 Å². The van der Waals surface area contributed by atoms with Crippen molar-refractivity contribution < 1.29 is 0 Å². The van der Waals surface area contributed by atoms with Crippen molar-refractivity contribution in [2.24, 2.45) is 0 Å². The van der Waals surface area contributed by atoms with E-state index in [2.05, 4.69) is 158 Å². The molecule has 1 aliphatic rings. The second kappa shape index (κ2) is 10.1. The van der Waals surface area contributed by atoms with Gasteiger partial charge in [0.15, 0.2) is 0 Å². The quantitative estimate of drug-likeness (QED) is 0.180. The summed E-state index contributed by atoms with van der Waals surface area (Å²) >= 11 is 3.65. The molecule has 1 aliphatic carbocycles. The van der Waals surface area contributed by atoms with E-state index in [1.807, 2.05) is 11.3 Å². The van der Waals surface area contributed by atoms with Crippen LogP contribution in [0.2, 0.25) is 0 Å². The second-order valence-electron chi connectivity index (χ2n) is 14.6. The molecule has 0 spiro atoms. The molecular weight excluding hydrogens is 671 g/mol. The third kappa shape index (κ3) is 3.74. The molecule has 244 valence electrons. The van der Waals surface area contributed by atoms with Crippen molar-refractivity contribution in [3.05, 3.63) is 151 Å². The molecule has 0 fully saturated rings. The minimum Gasteiger partial charge on any atom is -0.278 e. The fourth-order valence-electron chi connectivity index (χ4n) is 8.95. The van der Waals surface area contributed by atoms with Crippen molar-refractivity contribution in [2.75, 3.05) is 0 Å². The van der Waals surface area contributed by atoms with Gasteiger partial charge in [0.2, 0.25) is 5.95 Å². The van der Waals surface area contributed by atoms with Gasteiger partial charge in [0.05, 0.1) is 26.9 Å². The van der Waals surface area contributed by atoms with E-state index in [1.165, 1.54) is 74.1 Å². The lowest BCUT2D eigenvalue weighted by molar-refractivity contribution is 0.660. The van der Waals surface area contributed by atoms with Crippen LogP contribution in [0.1, 0.15) is 25.0 Å². The number of fused-ring (bicyclic) bond motifs is 14. The lowest BCUT2D eigenvalue weighted by Crippen LogP contribution is -2.15. The zero-order valence-electron chi connectivity index (χ0n) is 28.4. The summed E-state index contributed by atoms with van der Waals surface area (Å²) in [5.74, 6) is 0.696. The number of benzene rings is 7. The minimum atomic E-state index is -0.109. The predicted octanol–water partition coefficient (Wildman–Crippen LogP) is 13.4. The highest BCUT2D eigenvalue weighted by atomic mass is 32.1. The molecule has 7 aromatic carbocycles. The average molecular weight is 700 g/mol. The van der Waals surface area contributed by atoms with Gasteiger partial charge in [0.25, 0.3) is 0 Å². The van der Waals surface area contributed by atoms with Crippen LogP contribution in [-0.4, -0.2) is 14.5 Å². The molecule has 0 bridgehead atoms. The summed E-state index contributed by atoms with van der Waals surface area (Å²) in [6, 6.07) is 51.3. The number of hydrogen-bond acceptors (Lipinski definition) is 4. The van der Waals surface area contributed by atoms with Crippen LogP contribution in [0, 0.1) is 0 Å². The minimum absolute atomic E-state index is 0.109. The van der Waals surface area contributed by atoms with Crippen molar-refractivity contribution in [1.29, 1.82) is 0 Å². The lowest BCUT2D eigenvalue weighted by Gasteiger charge is -2.22. The van der Waals surface area contributed by atoms with E-state index in [0.717, 1.165) is 32.5 Å². The first-order chi connectivity index (χ1) is 25.5. The standard InChI is InChI=1S/C47H29N3S2/c1-47(2)35-15-7-3-11-28(35)29-21-19-27(24-36(29)47)43-45-44(32-14-6-10-18-40(32)52-45)49-46(48-43)50-37-16-8-4-12-30(37)34-23-26-20-22-41-42(33(26)25-38(34)50)31-13-5-9-17-39(31)51-41/h3-25H,1-2H3. The van der Waals surface area contributed by atoms with Gasteiger partial charge in [-0.1, -0.05) is 111 Å². The van der Waals surface area contributed by atoms with Crippen LogP contribution in [0.3, 0.4) is 0 Å². The molecule has 3 nitrogen and oxygen atoms in total. The zero-order chi connectivity index (χ0) is 34.3. The maximum atomic E-state index is 5.58. The van der Waals surface area contributed by atoms with E-state index in [4.69, 9.17) is 9.97 Å². The summed E-state index contributed by atoms with van der Waals surface area (Å²) in [7, 11) is 0. The van der Waals surface area contributed by atoms with Crippen molar-refractivity contribution in [3.8, 4) is 28.3 Å². The summed E-state index contributed by atoms with van der Waals surface area (Å²) in [5, 5.41) is 8.70. The molecule has 52 heavy (non-hydrogen) atoms. The highest BCUT2D eigenvalue weighted by molar-refractivity contribution is 7.26. The van der Waals surface area contributed by atoms with Crippen molar-refractivity contribution >= 4 is 95.7 Å². The Morgan fingerprint density at radius 3 is 2.13 bits per heavy atom. The van der Waals surface area contributed by atoms with Gasteiger partial charge in [-0.15, -0.1) is 22.7 Å². The average Bonchev–Trinajstić information content (AvgIpc) is 3.90. The number of para-hydroxylation sites is 1. The molecule has 0 saturated heterocycles. The third-order valence-corrected chi connectivity index (χ3v) is 13.7. The fraction of sp³-hybridized carbons (Fsp3) is 0.0638. The van der Waals surface area contributed by atoms with E-state index in [0.29, 0.717) is 5.95 Å². The van der Waals surface area contributed by atoms with Crippen molar-refractivity contribution in [1.82, 2.24) is 14.5 Å². The molecular formula is C47H29N3S2. The number of aromatic nitrogens is 3. The lowest BCUT2D eigenvalue weighted by atomic mass is 9.82. The summed E-state index contributed by atoms with van der Waals surface area (Å²) < 4.78 is 7.27. The third-order valence-electron chi connectivity index (χ3n) is 11.4. The SMILES string of the molecule is CC1(C)c2ccccc2-c2ccc(-c3nc(-n4c5ccccc5c5cc6ccc7sc8ccccc8c7c6cc54)nc4c3sc3ccccc34)cc21. The van der Waals surface area contributed by atoms with Crippen LogP contribution in [-0.2, 0) is 5.41 Å². The van der Waals surface area contributed by atoms with Gasteiger partial charge in [-0.3, -0.25) is 4.57 Å². The summed E-state index contributed by atoms with van der Waals surface area (Å²) in [4.78, 5) is 11.1. The molecule has 0 N–H and O–H groups in total. The number of nitrogens with zero attached hydrogens (tertiary/aromatic N) is 3. The molecule has 11 aromatic rings. The first-order valence-electron chi connectivity index (χ1n) is 17.7.